The summed E-state index contributed by atoms with van der Waals surface area (Å²) in [4.78, 5) is 27.2. The second kappa shape index (κ2) is 10.4. The van der Waals surface area contributed by atoms with Gasteiger partial charge in [0.25, 0.3) is 0 Å². The van der Waals surface area contributed by atoms with Gasteiger partial charge in [0.05, 0.1) is 4.70 Å². The monoisotopic (exact) mass is 427 g/mol. The first-order valence-corrected chi connectivity index (χ1v) is 11.2. The lowest BCUT2D eigenvalue weighted by Crippen LogP contribution is -2.43. The quantitative estimate of drug-likeness (QED) is 0.259. The van der Waals surface area contributed by atoms with E-state index in [0.717, 1.165) is 52.8 Å². The molecule has 7 heteroatoms. The smallest absolute Gasteiger partial charge is 0.305 e. The first-order chi connectivity index (χ1) is 14.5. The lowest BCUT2D eigenvalue weighted by molar-refractivity contribution is -0.136. The molecule has 0 aliphatic rings. The predicted octanol–water partition coefficient (Wildman–Crippen LogP) is 3.98. The zero-order valence-electron chi connectivity index (χ0n) is 17.3. The van der Waals surface area contributed by atoms with Crippen LogP contribution in [0.4, 0.5) is 0 Å². The minimum absolute atomic E-state index is 0.0309. The third-order valence-corrected chi connectivity index (χ3v) is 6.38. The van der Waals surface area contributed by atoms with Crippen LogP contribution in [0.1, 0.15) is 43.7 Å². The molecular weight excluding hydrogens is 398 g/mol. The summed E-state index contributed by atoms with van der Waals surface area (Å²) in [6.07, 6.45) is 4.80. The molecule has 1 aromatic heterocycles. The molecule has 0 radical (unpaired) electrons. The van der Waals surface area contributed by atoms with Gasteiger partial charge in [-0.15, -0.1) is 0 Å². The number of thiazole rings is 1. The van der Waals surface area contributed by atoms with Gasteiger partial charge in [-0.25, -0.2) is 5.84 Å². The number of carbonyl (C=O) groups excluding carboxylic acids is 1. The maximum Gasteiger partial charge on any atom is 0.305 e. The van der Waals surface area contributed by atoms with Gasteiger partial charge in [0.2, 0.25) is 5.91 Å². The molecule has 1 unspecified atom stereocenters. The fourth-order valence-electron chi connectivity index (χ4n) is 3.68. The number of amides is 1. The number of unbranched alkanes of at least 4 members (excludes halogenated alkanes) is 1. The number of carbonyl (C=O) groups is 1. The summed E-state index contributed by atoms with van der Waals surface area (Å²) >= 11 is 1.09. The molecule has 2 aromatic carbocycles. The van der Waals surface area contributed by atoms with E-state index < -0.39 is 0 Å². The van der Waals surface area contributed by atoms with Crippen molar-refractivity contribution in [2.45, 2.75) is 45.4 Å². The summed E-state index contributed by atoms with van der Waals surface area (Å²) in [5, 5.41) is 11.3. The van der Waals surface area contributed by atoms with Gasteiger partial charge in [-0.05, 0) is 42.9 Å². The number of aromatic hydroxyl groups is 1. The normalized spacial score (nSPS) is 12.2. The van der Waals surface area contributed by atoms with Crippen LogP contribution in [-0.2, 0) is 17.6 Å². The van der Waals surface area contributed by atoms with E-state index in [-0.39, 0.29) is 22.4 Å². The first kappa shape index (κ1) is 22.1. The molecule has 1 heterocycles. The number of hydrazine groups is 1. The average Bonchev–Trinajstić information content (AvgIpc) is 3.16. The number of nitrogens with one attached hydrogen (secondary N) is 1. The number of rotatable bonds is 10. The van der Waals surface area contributed by atoms with Crippen LogP contribution >= 0.6 is 11.3 Å². The van der Waals surface area contributed by atoms with E-state index in [4.69, 9.17) is 5.84 Å². The maximum absolute atomic E-state index is 13.0. The first-order valence-electron chi connectivity index (χ1n) is 10.4. The van der Waals surface area contributed by atoms with E-state index in [1.54, 1.807) is 6.07 Å². The summed E-state index contributed by atoms with van der Waals surface area (Å²) in [6.45, 7) is 2.59. The molecule has 0 spiro atoms. The Bertz CT molecular complexity index is 1030. The highest BCUT2D eigenvalue weighted by atomic mass is 32.1. The van der Waals surface area contributed by atoms with Gasteiger partial charge < -0.3 is 10.1 Å². The summed E-state index contributed by atoms with van der Waals surface area (Å²) < 4.78 is 0.760. The Hall–Kier alpha value is -2.64. The van der Waals surface area contributed by atoms with Crippen LogP contribution in [-0.4, -0.2) is 27.6 Å². The number of hydrogen-bond acceptors (Lipinski definition) is 5. The van der Waals surface area contributed by atoms with Crippen molar-refractivity contribution in [3.8, 4) is 5.75 Å². The van der Waals surface area contributed by atoms with Gasteiger partial charge in [0.1, 0.15) is 11.3 Å². The highest BCUT2D eigenvalue weighted by Crippen LogP contribution is 2.29. The molecule has 6 nitrogen and oxygen atoms in total. The van der Waals surface area contributed by atoms with Crippen LogP contribution in [0, 0.1) is 5.92 Å². The fraction of sp³-hybridized carbons (Fsp3) is 0.391. The third-order valence-electron chi connectivity index (χ3n) is 5.42. The number of aromatic amines is 1. The standard InChI is InChI=1S/C23H29N3O3S/c1-2-3-9-18(22(28)26(24)15-14-16-7-5-4-6-8-16)11-10-17-12-13-19(27)20-21(17)30-23(29)25-20/h4-8,12-13,18,27H,2-3,9-11,14-15,24H2,1H3,(H,25,29). The SMILES string of the molecule is CCCCC(CCc1ccc(O)c2[nH]c(=O)sc12)C(=O)N(N)CCc1ccccc1. The molecular formula is C23H29N3O3S. The second-order valence-corrected chi connectivity index (χ2v) is 8.59. The van der Waals surface area contributed by atoms with Crippen molar-refractivity contribution in [2.75, 3.05) is 6.54 Å². The number of nitrogens with zero attached hydrogens (tertiary/aromatic N) is 1. The molecule has 3 aromatic rings. The number of aryl methyl sites for hydroxylation is 1. The molecule has 3 rings (SSSR count). The Balaban J connectivity index is 1.67. The van der Waals surface area contributed by atoms with Crippen molar-refractivity contribution in [1.82, 2.24) is 9.99 Å². The molecule has 0 saturated heterocycles. The highest BCUT2D eigenvalue weighted by molar-refractivity contribution is 7.16. The zero-order valence-corrected chi connectivity index (χ0v) is 18.1. The van der Waals surface area contributed by atoms with Crippen molar-refractivity contribution >= 4 is 27.5 Å². The van der Waals surface area contributed by atoms with Crippen molar-refractivity contribution in [3.63, 3.8) is 0 Å². The van der Waals surface area contributed by atoms with Crippen LogP contribution in [0.2, 0.25) is 0 Å². The van der Waals surface area contributed by atoms with Gasteiger partial charge in [-0.3, -0.25) is 14.6 Å². The number of hydrogen-bond donors (Lipinski definition) is 3. The Morgan fingerprint density at radius 2 is 1.93 bits per heavy atom. The second-order valence-electron chi connectivity index (χ2n) is 7.61. The lowest BCUT2D eigenvalue weighted by Gasteiger charge is -2.23. The third kappa shape index (κ3) is 5.49. The van der Waals surface area contributed by atoms with Crippen LogP contribution in [0.5, 0.6) is 5.75 Å². The summed E-state index contributed by atoms with van der Waals surface area (Å²) in [6, 6.07) is 13.4. The zero-order chi connectivity index (χ0) is 21.5. The topological polar surface area (TPSA) is 99.4 Å². The lowest BCUT2D eigenvalue weighted by atomic mass is 9.93. The van der Waals surface area contributed by atoms with Crippen LogP contribution in [0.25, 0.3) is 10.2 Å². The number of phenols is 1. The fourth-order valence-corrected chi connectivity index (χ4v) is 4.58. The van der Waals surface area contributed by atoms with Gasteiger partial charge in [-0.2, -0.15) is 0 Å². The van der Waals surface area contributed by atoms with Crippen LogP contribution in [0.3, 0.4) is 0 Å². The summed E-state index contributed by atoms with van der Waals surface area (Å²) in [7, 11) is 0. The molecule has 4 N–H and O–H groups in total. The van der Waals surface area contributed by atoms with Crippen molar-refractivity contribution in [1.29, 1.82) is 0 Å². The number of fused-ring (bicyclic) bond motifs is 1. The Labute approximate surface area is 180 Å². The Kier molecular flexibility index (Phi) is 7.65. The summed E-state index contributed by atoms with van der Waals surface area (Å²) in [5.74, 6) is 6.00. The van der Waals surface area contributed by atoms with E-state index in [9.17, 15) is 14.7 Å². The van der Waals surface area contributed by atoms with Crippen molar-refractivity contribution in [2.24, 2.45) is 11.8 Å². The number of phenolic OH excluding ortho intramolecular Hbond substituents is 1. The largest absolute Gasteiger partial charge is 0.506 e. The number of aromatic nitrogens is 1. The van der Waals surface area contributed by atoms with E-state index in [2.05, 4.69) is 11.9 Å². The van der Waals surface area contributed by atoms with Gasteiger partial charge in [-0.1, -0.05) is 67.5 Å². The van der Waals surface area contributed by atoms with Crippen LogP contribution < -0.4 is 10.7 Å². The molecule has 0 aliphatic heterocycles. The van der Waals surface area contributed by atoms with Crippen LogP contribution in [0.15, 0.2) is 47.3 Å². The average molecular weight is 428 g/mol. The minimum atomic E-state index is -0.194. The van der Waals surface area contributed by atoms with Gasteiger partial charge in [0.15, 0.2) is 0 Å². The molecule has 0 aliphatic carbocycles. The Morgan fingerprint density at radius 1 is 1.17 bits per heavy atom. The molecule has 0 fully saturated rings. The van der Waals surface area contributed by atoms with Crippen molar-refractivity contribution in [3.05, 3.63) is 63.3 Å². The molecule has 0 bridgehead atoms. The minimum Gasteiger partial charge on any atom is -0.506 e. The van der Waals surface area contributed by atoms with E-state index in [1.807, 2.05) is 36.4 Å². The van der Waals surface area contributed by atoms with Gasteiger partial charge in [0, 0.05) is 12.5 Å². The Morgan fingerprint density at radius 3 is 2.67 bits per heavy atom. The number of nitrogens with two attached hydrogens (primary N) is 1. The summed E-state index contributed by atoms with van der Waals surface area (Å²) in [5.41, 5.74) is 2.59. The number of benzene rings is 2. The van der Waals surface area contributed by atoms with E-state index >= 15 is 0 Å². The van der Waals surface area contributed by atoms with Gasteiger partial charge >= 0.3 is 4.87 Å². The predicted molar refractivity (Wildman–Crippen MR) is 121 cm³/mol. The molecule has 160 valence electrons. The van der Waals surface area contributed by atoms with E-state index in [1.165, 1.54) is 5.01 Å². The number of H-pyrrole nitrogens is 1. The highest BCUT2D eigenvalue weighted by Gasteiger charge is 2.23. The maximum atomic E-state index is 13.0. The van der Waals surface area contributed by atoms with E-state index in [0.29, 0.717) is 24.9 Å². The molecule has 30 heavy (non-hydrogen) atoms. The van der Waals surface area contributed by atoms with Crippen molar-refractivity contribution < 1.29 is 9.90 Å². The molecule has 0 saturated carbocycles. The molecule has 1 atom stereocenters. The molecule has 1 amide bonds.